The van der Waals surface area contributed by atoms with Crippen LogP contribution < -0.4 is 4.90 Å². The van der Waals surface area contributed by atoms with Crippen LogP contribution in [-0.4, -0.2) is 4.57 Å². The van der Waals surface area contributed by atoms with Crippen LogP contribution in [0.25, 0.3) is 93.9 Å². The predicted molar refractivity (Wildman–Crippen MR) is 292 cm³/mol. The summed E-state index contributed by atoms with van der Waals surface area (Å²) in [5.74, 6) is 0. The fourth-order valence-corrected chi connectivity index (χ4v) is 11.3. The highest BCUT2D eigenvalue weighted by Gasteiger charge is 2.36. The first-order chi connectivity index (χ1) is 34.0. The lowest BCUT2D eigenvalue weighted by Crippen LogP contribution is -2.16. The third-order valence-corrected chi connectivity index (χ3v) is 14.6. The molecule has 0 saturated carbocycles. The minimum absolute atomic E-state index is 0.120. The molecule has 1 aliphatic carbocycles. The number of aromatic nitrogens is 1. The van der Waals surface area contributed by atoms with Gasteiger partial charge >= 0.3 is 0 Å². The van der Waals surface area contributed by atoms with Gasteiger partial charge in [-0.1, -0.05) is 226 Å². The normalized spacial score (nSPS) is 12.6. The van der Waals surface area contributed by atoms with Gasteiger partial charge in [-0.15, -0.1) is 0 Å². The molecule has 2 nitrogen and oxygen atoms in total. The summed E-state index contributed by atoms with van der Waals surface area (Å²) >= 11 is 0. The van der Waals surface area contributed by atoms with Gasteiger partial charge in [0.25, 0.3) is 0 Å². The maximum atomic E-state index is 2.51. The van der Waals surface area contributed by atoms with Crippen LogP contribution in [0.15, 0.2) is 255 Å². The van der Waals surface area contributed by atoms with E-state index in [-0.39, 0.29) is 5.41 Å². The summed E-state index contributed by atoms with van der Waals surface area (Å²) in [5, 5.41) is 6.07. The Bertz CT molecular complexity index is 3880. The summed E-state index contributed by atoms with van der Waals surface area (Å²) < 4.78 is 2.51. The molecule has 326 valence electrons. The monoisotopic (exact) mass is 880 g/mol. The molecule has 12 aromatic rings. The van der Waals surface area contributed by atoms with Crippen molar-refractivity contribution in [3.05, 3.63) is 266 Å². The van der Waals surface area contributed by atoms with Crippen LogP contribution in [0.1, 0.15) is 25.0 Å². The van der Waals surface area contributed by atoms with Crippen LogP contribution in [0.3, 0.4) is 0 Å². The number of benzene rings is 11. The lowest BCUT2D eigenvalue weighted by Gasteiger charge is -2.29. The molecule has 0 aliphatic heterocycles. The number of nitrogens with zero attached hydrogens (tertiary/aromatic N) is 2. The molecule has 0 unspecified atom stereocenters. The molecule has 1 aromatic heterocycles. The molecular formula is C67H48N2. The Morgan fingerprint density at radius 3 is 1.67 bits per heavy atom. The minimum atomic E-state index is -0.120. The van der Waals surface area contributed by atoms with Crippen LogP contribution in [0.5, 0.6) is 0 Å². The van der Waals surface area contributed by atoms with Crippen LogP contribution in [-0.2, 0) is 5.41 Å². The van der Waals surface area contributed by atoms with Crippen LogP contribution in [0, 0.1) is 0 Å². The van der Waals surface area contributed by atoms with E-state index in [0.29, 0.717) is 0 Å². The van der Waals surface area contributed by atoms with E-state index in [1.54, 1.807) is 0 Å². The van der Waals surface area contributed by atoms with Gasteiger partial charge < -0.3 is 9.47 Å². The van der Waals surface area contributed by atoms with Gasteiger partial charge in [0.2, 0.25) is 0 Å². The second-order valence-corrected chi connectivity index (χ2v) is 18.8. The van der Waals surface area contributed by atoms with E-state index < -0.39 is 0 Å². The van der Waals surface area contributed by atoms with Crippen molar-refractivity contribution in [3.8, 4) is 61.5 Å². The quantitative estimate of drug-likeness (QED) is 0.148. The summed E-state index contributed by atoms with van der Waals surface area (Å²) in [7, 11) is 0. The number of hydrogen-bond donors (Lipinski definition) is 0. The van der Waals surface area contributed by atoms with Gasteiger partial charge in [-0.3, -0.25) is 0 Å². The van der Waals surface area contributed by atoms with E-state index >= 15 is 0 Å². The fraction of sp³-hybridized carbons (Fsp3) is 0.0448. The number of anilines is 3. The van der Waals surface area contributed by atoms with Gasteiger partial charge in [0.1, 0.15) is 0 Å². The van der Waals surface area contributed by atoms with E-state index in [2.05, 4.69) is 278 Å². The summed E-state index contributed by atoms with van der Waals surface area (Å²) in [6.45, 7) is 4.72. The first kappa shape index (κ1) is 40.5. The third kappa shape index (κ3) is 6.63. The van der Waals surface area contributed by atoms with E-state index in [0.717, 1.165) is 22.7 Å². The molecule has 0 fully saturated rings. The summed E-state index contributed by atoms with van der Waals surface area (Å²) in [6, 6.07) is 93.6. The Hall–Kier alpha value is -8.72. The summed E-state index contributed by atoms with van der Waals surface area (Å²) in [4.78, 5) is 2.45. The van der Waals surface area contributed by atoms with Crippen molar-refractivity contribution in [2.24, 2.45) is 0 Å². The van der Waals surface area contributed by atoms with E-state index in [1.807, 2.05) is 0 Å². The standard InChI is InChI=1S/C67H48N2/c1-67(2)61-30-15-14-27-57(61)58-41-40-53(44-62(58)67)68(63-31-16-25-47-20-12-13-26-55(47)63)51-38-34-48(35-39-51)54-28-17-29-59-56(54)42-43-60-64(49-21-8-4-9-22-49)65(50-23-10-5-11-24-50)69(66(59)60)52-36-32-46(33-37-52)45-18-6-3-7-19-45/h3-44H,1-2H3. The highest BCUT2D eigenvalue weighted by molar-refractivity contribution is 6.18. The highest BCUT2D eigenvalue weighted by Crippen LogP contribution is 2.52. The van der Waals surface area contributed by atoms with Crippen molar-refractivity contribution in [1.29, 1.82) is 0 Å². The third-order valence-electron chi connectivity index (χ3n) is 14.6. The zero-order valence-corrected chi connectivity index (χ0v) is 38.6. The zero-order chi connectivity index (χ0) is 46.1. The van der Waals surface area contributed by atoms with Gasteiger partial charge in [-0.2, -0.15) is 0 Å². The Balaban J connectivity index is 0.990. The molecule has 0 bridgehead atoms. The molecule has 11 aromatic carbocycles. The molecule has 1 aliphatic rings. The molecule has 0 saturated heterocycles. The summed E-state index contributed by atoms with van der Waals surface area (Å²) in [5.41, 5.74) is 20.5. The molecular weight excluding hydrogens is 833 g/mol. The van der Waals surface area contributed by atoms with Gasteiger partial charge in [0.05, 0.1) is 16.9 Å². The lowest BCUT2D eigenvalue weighted by molar-refractivity contribution is 0.660. The van der Waals surface area contributed by atoms with Crippen molar-refractivity contribution in [1.82, 2.24) is 4.57 Å². The Labute approximate surface area is 403 Å². The molecule has 0 N–H and O–H groups in total. The van der Waals surface area contributed by atoms with Gasteiger partial charge in [-0.05, 0) is 109 Å². The molecule has 2 heteroatoms. The SMILES string of the molecule is CC1(C)c2ccccc2-c2ccc(N(c3ccc(-c4cccc5c4ccc4c(-c6ccccc6)c(-c6ccccc6)n(-c6ccc(-c7ccccc7)cc6)c45)cc3)c3cccc4ccccc34)cc21. The van der Waals surface area contributed by atoms with Crippen LogP contribution >= 0.6 is 0 Å². The van der Waals surface area contributed by atoms with Crippen molar-refractivity contribution in [2.75, 3.05) is 4.90 Å². The minimum Gasteiger partial charge on any atom is -0.310 e. The van der Waals surface area contributed by atoms with Gasteiger partial charge in [0, 0.05) is 44.2 Å². The predicted octanol–water partition coefficient (Wildman–Crippen LogP) is 18.4. The van der Waals surface area contributed by atoms with Gasteiger partial charge in [0.15, 0.2) is 0 Å². The zero-order valence-electron chi connectivity index (χ0n) is 38.6. The Morgan fingerprint density at radius 1 is 0.348 bits per heavy atom. The maximum Gasteiger partial charge on any atom is 0.0620 e. The van der Waals surface area contributed by atoms with E-state index in [4.69, 9.17) is 0 Å². The van der Waals surface area contributed by atoms with E-state index in [1.165, 1.54) is 99.3 Å². The number of hydrogen-bond acceptors (Lipinski definition) is 1. The first-order valence-electron chi connectivity index (χ1n) is 24.0. The summed E-state index contributed by atoms with van der Waals surface area (Å²) in [6.07, 6.45) is 0. The molecule has 13 rings (SSSR count). The second kappa shape index (κ2) is 16.3. The highest BCUT2D eigenvalue weighted by atomic mass is 15.1. The van der Waals surface area contributed by atoms with Crippen molar-refractivity contribution < 1.29 is 0 Å². The van der Waals surface area contributed by atoms with Crippen molar-refractivity contribution >= 4 is 49.5 Å². The van der Waals surface area contributed by atoms with Gasteiger partial charge in [-0.25, -0.2) is 0 Å². The Morgan fingerprint density at radius 2 is 0.899 bits per heavy atom. The molecule has 69 heavy (non-hydrogen) atoms. The average molecular weight is 881 g/mol. The topological polar surface area (TPSA) is 8.17 Å². The van der Waals surface area contributed by atoms with Crippen LogP contribution in [0.4, 0.5) is 17.1 Å². The fourth-order valence-electron chi connectivity index (χ4n) is 11.3. The van der Waals surface area contributed by atoms with Crippen molar-refractivity contribution in [2.45, 2.75) is 19.3 Å². The molecule has 0 amide bonds. The maximum absolute atomic E-state index is 2.51. The largest absolute Gasteiger partial charge is 0.310 e. The first-order valence-corrected chi connectivity index (χ1v) is 24.0. The second-order valence-electron chi connectivity index (χ2n) is 18.8. The number of rotatable bonds is 8. The smallest absolute Gasteiger partial charge is 0.0620 e. The lowest BCUT2D eigenvalue weighted by atomic mass is 9.82. The van der Waals surface area contributed by atoms with Crippen LogP contribution in [0.2, 0.25) is 0 Å². The molecule has 0 spiro atoms. The Kier molecular flexibility index (Phi) is 9.55. The average Bonchev–Trinajstić information content (AvgIpc) is 3.89. The molecule has 1 heterocycles. The van der Waals surface area contributed by atoms with E-state index in [9.17, 15) is 0 Å². The molecule has 0 atom stereocenters. The molecule has 0 radical (unpaired) electrons. The van der Waals surface area contributed by atoms with Crippen molar-refractivity contribution in [3.63, 3.8) is 0 Å². The number of fused-ring (bicyclic) bond motifs is 7.